The molecule has 0 saturated heterocycles. The van der Waals surface area contributed by atoms with Crippen molar-refractivity contribution < 1.29 is 4.74 Å². The maximum atomic E-state index is 5.75. The molecule has 0 aromatic rings. The predicted molar refractivity (Wildman–Crippen MR) is 60.2 cm³/mol. The van der Waals surface area contributed by atoms with Crippen LogP contribution >= 0.6 is 0 Å². The van der Waals surface area contributed by atoms with Crippen molar-refractivity contribution in [2.24, 2.45) is 11.1 Å². The molecule has 1 aliphatic rings. The molecule has 0 atom stereocenters. The van der Waals surface area contributed by atoms with Crippen molar-refractivity contribution in [2.45, 2.75) is 45.6 Å². The van der Waals surface area contributed by atoms with E-state index in [0.717, 1.165) is 5.57 Å². The van der Waals surface area contributed by atoms with Gasteiger partial charge in [0.1, 0.15) is 0 Å². The minimum absolute atomic E-state index is 0.436. The first-order chi connectivity index (χ1) is 6.53. The third-order valence-corrected chi connectivity index (χ3v) is 3.10. The Bertz CT molecular complexity index is 188. The van der Waals surface area contributed by atoms with Gasteiger partial charge in [0.25, 0.3) is 0 Å². The molecule has 0 aromatic carbocycles. The van der Waals surface area contributed by atoms with E-state index in [1.54, 1.807) is 0 Å². The number of rotatable bonds is 4. The quantitative estimate of drug-likeness (QED) is 0.703. The molecule has 0 aromatic heterocycles. The number of ether oxygens (including phenoxy) is 1. The molecule has 1 fully saturated rings. The Kier molecular flexibility index (Phi) is 4.14. The molecule has 2 heteroatoms. The van der Waals surface area contributed by atoms with Crippen LogP contribution < -0.4 is 5.73 Å². The molecule has 82 valence electrons. The van der Waals surface area contributed by atoms with E-state index in [0.29, 0.717) is 24.7 Å². The molecule has 0 amide bonds. The topological polar surface area (TPSA) is 35.2 Å². The van der Waals surface area contributed by atoms with Crippen molar-refractivity contribution >= 4 is 0 Å². The average Bonchev–Trinajstić information content (AvgIpc) is 2.16. The molecule has 1 rings (SSSR count). The van der Waals surface area contributed by atoms with E-state index in [-0.39, 0.29) is 0 Å². The summed E-state index contributed by atoms with van der Waals surface area (Å²) in [4.78, 5) is 0. The first kappa shape index (κ1) is 11.7. The summed E-state index contributed by atoms with van der Waals surface area (Å²) in [6.07, 6.45) is 5.35. The lowest BCUT2D eigenvalue weighted by Crippen LogP contribution is -2.27. The molecule has 1 aliphatic carbocycles. The Morgan fingerprint density at radius 2 is 2.00 bits per heavy atom. The standard InChI is InChI=1S/C12H23NO/c1-10(8-13)9-14-11-4-6-12(2,3)7-5-11/h11H,1,4-9,13H2,2-3H3. The minimum Gasteiger partial charge on any atom is -0.374 e. The smallest absolute Gasteiger partial charge is 0.0690 e. The van der Waals surface area contributed by atoms with Gasteiger partial charge in [-0.3, -0.25) is 0 Å². The van der Waals surface area contributed by atoms with Crippen LogP contribution in [0.25, 0.3) is 0 Å². The summed E-state index contributed by atoms with van der Waals surface area (Å²) >= 11 is 0. The summed E-state index contributed by atoms with van der Waals surface area (Å²) in [6.45, 7) is 9.69. The third kappa shape index (κ3) is 3.81. The highest BCUT2D eigenvalue weighted by molar-refractivity contribution is 4.95. The van der Waals surface area contributed by atoms with Crippen LogP contribution in [0.5, 0.6) is 0 Å². The van der Waals surface area contributed by atoms with Gasteiger partial charge in [0.05, 0.1) is 12.7 Å². The Morgan fingerprint density at radius 1 is 1.43 bits per heavy atom. The zero-order valence-electron chi connectivity index (χ0n) is 9.51. The second-order valence-electron chi connectivity index (χ2n) is 5.13. The highest BCUT2D eigenvalue weighted by Crippen LogP contribution is 2.36. The summed E-state index contributed by atoms with van der Waals surface area (Å²) in [5.74, 6) is 0. The lowest BCUT2D eigenvalue weighted by Gasteiger charge is -2.34. The summed E-state index contributed by atoms with van der Waals surface area (Å²) in [5.41, 5.74) is 6.97. The third-order valence-electron chi connectivity index (χ3n) is 3.10. The van der Waals surface area contributed by atoms with Crippen LogP contribution in [-0.4, -0.2) is 19.3 Å². The molecule has 0 spiro atoms. The highest BCUT2D eigenvalue weighted by Gasteiger charge is 2.26. The molecule has 0 heterocycles. The Balaban J connectivity index is 2.19. The maximum absolute atomic E-state index is 5.75. The van der Waals surface area contributed by atoms with Crippen molar-refractivity contribution in [3.8, 4) is 0 Å². The van der Waals surface area contributed by atoms with Crippen LogP contribution in [0.1, 0.15) is 39.5 Å². The van der Waals surface area contributed by atoms with Gasteiger partial charge in [-0.25, -0.2) is 0 Å². The minimum atomic E-state index is 0.436. The normalized spacial score (nSPS) is 22.2. The molecular weight excluding hydrogens is 174 g/mol. The molecule has 0 aliphatic heterocycles. The van der Waals surface area contributed by atoms with Crippen LogP contribution in [0, 0.1) is 5.41 Å². The summed E-state index contributed by atoms with van der Waals surface area (Å²) in [5, 5.41) is 0. The second-order valence-corrected chi connectivity index (χ2v) is 5.13. The molecule has 0 unspecified atom stereocenters. The molecule has 14 heavy (non-hydrogen) atoms. The molecule has 2 N–H and O–H groups in total. The fraction of sp³-hybridized carbons (Fsp3) is 0.833. The first-order valence-electron chi connectivity index (χ1n) is 5.52. The number of hydrogen-bond acceptors (Lipinski definition) is 2. The van der Waals surface area contributed by atoms with Gasteiger partial charge < -0.3 is 10.5 Å². The van der Waals surface area contributed by atoms with Gasteiger partial charge in [-0.2, -0.15) is 0 Å². The highest BCUT2D eigenvalue weighted by atomic mass is 16.5. The first-order valence-corrected chi connectivity index (χ1v) is 5.52. The predicted octanol–water partition coefficient (Wildman–Crippen LogP) is 2.49. The van der Waals surface area contributed by atoms with Crippen molar-refractivity contribution in [3.63, 3.8) is 0 Å². The van der Waals surface area contributed by atoms with Crippen molar-refractivity contribution in [3.05, 3.63) is 12.2 Å². The van der Waals surface area contributed by atoms with Gasteiger partial charge in [-0.15, -0.1) is 0 Å². The zero-order valence-corrected chi connectivity index (χ0v) is 9.51. The lowest BCUT2D eigenvalue weighted by atomic mass is 9.76. The monoisotopic (exact) mass is 197 g/mol. The van der Waals surface area contributed by atoms with Crippen LogP contribution in [0.3, 0.4) is 0 Å². The number of hydrogen-bond donors (Lipinski definition) is 1. The Morgan fingerprint density at radius 3 is 2.50 bits per heavy atom. The van der Waals surface area contributed by atoms with E-state index in [4.69, 9.17) is 10.5 Å². The molecule has 0 radical (unpaired) electrons. The summed E-state index contributed by atoms with van der Waals surface area (Å²) in [7, 11) is 0. The van der Waals surface area contributed by atoms with Gasteiger partial charge in [0.2, 0.25) is 0 Å². The van der Waals surface area contributed by atoms with Gasteiger partial charge in [-0.1, -0.05) is 20.4 Å². The molecule has 2 nitrogen and oxygen atoms in total. The van der Waals surface area contributed by atoms with Crippen LogP contribution in [-0.2, 0) is 4.74 Å². The van der Waals surface area contributed by atoms with E-state index >= 15 is 0 Å². The second kappa shape index (κ2) is 4.94. The van der Waals surface area contributed by atoms with E-state index in [2.05, 4.69) is 20.4 Å². The van der Waals surface area contributed by atoms with Gasteiger partial charge in [0.15, 0.2) is 0 Å². The molecular formula is C12H23NO. The Labute approximate surface area is 87.5 Å². The van der Waals surface area contributed by atoms with Gasteiger partial charge in [0, 0.05) is 6.54 Å². The summed E-state index contributed by atoms with van der Waals surface area (Å²) in [6, 6.07) is 0. The van der Waals surface area contributed by atoms with E-state index in [1.807, 2.05) is 0 Å². The van der Waals surface area contributed by atoms with Crippen LogP contribution in [0.2, 0.25) is 0 Å². The van der Waals surface area contributed by atoms with Crippen LogP contribution in [0.4, 0.5) is 0 Å². The maximum Gasteiger partial charge on any atom is 0.0690 e. The lowest BCUT2D eigenvalue weighted by molar-refractivity contribution is 0.0156. The number of nitrogens with two attached hydrogens (primary N) is 1. The fourth-order valence-corrected chi connectivity index (χ4v) is 1.83. The molecule has 1 saturated carbocycles. The van der Waals surface area contributed by atoms with Crippen molar-refractivity contribution in [1.29, 1.82) is 0 Å². The van der Waals surface area contributed by atoms with Crippen molar-refractivity contribution in [2.75, 3.05) is 13.2 Å². The van der Waals surface area contributed by atoms with E-state index < -0.39 is 0 Å². The average molecular weight is 197 g/mol. The largest absolute Gasteiger partial charge is 0.374 e. The van der Waals surface area contributed by atoms with Crippen LogP contribution in [0.15, 0.2) is 12.2 Å². The van der Waals surface area contributed by atoms with Gasteiger partial charge >= 0.3 is 0 Å². The zero-order chi connectivity index (χ0) is 10.6. The fourth-order valence-electron chi connectivity index (χ4n) is 1.83. The Hall–Kier alpha value is -0.340. The molecule has 0 bridgehead atoms. The summed E-state index contributed by atoms with van der Waals surface area (Å²) < 4.78 is 5.75. The van der Waals surface area contributed by atoms with Crippen molar-refractivity contribution in [1.82, 2.24) is 0 Å². The van der Waals surface area contributed by atoms with E-state index in [1.165, 1.54) is 25.7 Å². The SMILES string of the molecule is C=C(CN)COC1CCC(C)(C)CC1. The van der Waals surface area contributed by atoms with E-state index in [9.17, 15) is 0 Å². The van der Waals surface area contributed by atoms with Gasteiger partial charge in [-0.05, 0) is 36.7 Å².